The van der Waals surface area contributed by atoms with Crippen LogP contribution in [0, 0.1) is 5.82 Å². The third kappa shape index (κ3) is 5.48. The molecule has 1 aliphatic carbocycles. The van der Waals surface area contributed by atoms with Gasteiger partial charge >= 0.3 is 0 Å². The molecule has 0 aromatic heterocycles. The molecule has 1 aliphatic rings. The molecule has 5 heteroatoms. The Bertz CT molecular complexity index is 502. The Morgan fingerprint density at radius 2 is 1.95 bits per heavy atom. The molecule has 0 bridgehead atoms. The fraction of sp³-hybridized carbons (Fsp3) is 0.471. The average molecular weight is 304 g/mol. The smallest absolute Gasteiger partial charge is 0.191 e. The van der Waals surface area contributed by atoms with Gasteiger partial charge in [0, 0.05) is 32.7 Å². The van der Waals surface area contributed by atoms with E-state index in [2.05, 4.69) is 39.7 Å². The molecular formula is C17H25FN4. The summed E-state index contributed by atoms with van der Waals surface area (Å²) in [5.41, 5.74) is 1.11. The van der Waals surface area contributed by atoms with Crippen molar-refractivity contribution in [2.75, 3.05) is 27.2 Å². The minimum atomic E-state index is -0.190. The number of likely N-dealkylation sites (N-methyl/N-ethyl adjacent to an activating group) is 1. The maximum Gasteiger partial charge on any atom is 0.191 e. The Kier molecular flexibility index (Phi) is 6.40. The molecule has 1 aromatic carbocycles. The molecule has 0 unspecified atom stereocenters. The molecule has 0 heterocycles. The molecule has 1 aromatic rings. The summed E-state index contributed by atoms with van der Waals surface area (Å²) in [6.07, 6.45) is 6.51. The third-order valence-corrected chi connectivity index (χ3v) is 3.72. The van der Waals surface area contributed by atoms with Crippen LogP contribution < -0.4 is 10.6 Å². The van der Waals surface area contributed by atoms with Gasteiger partial charge < -0.3 is 15.5 Å². The van der Waals surface area contributed by atoms with Crippen LogP contribution in [0.5, 0.6) is 0 Å². The minimum absolute atomic E-state index is 0.190. The standard InChI is InChI=1S/C17H25FN4/c1-19-17(21-16-5-3-4-6-16)20-11-12-22(2)13-14-7-9-15(18)10-8-14/h3-4,7-10,16H,5-6,11-13H2,1-2H3,(H2,19,20,21). The van der Waals surface area contributed by atoms with Gasteiger partial charge in [-0.15, -0.1) is 0 Å². The van der Waals surface area contributed by atoms with Crippen LogP contribution in [0.3, 0.4) is 0 Å². The summed E-state index contributed by atoms with van der Waals surface area (Å²) in [5, 5.41) is 6.74. The zero-order valence-electron chi connectivity index (χ0n) is 13.3. The Hall–Kier alpha value is -1.88. The molecule has 0 aliphatic heterocycles. The van der Waals surface area contributed by atoms with Crippen LogP contribution in [0.1, 0.15) is 18.4 Å². The van der Waals surface area contributed by atoms with Crippen LogP contribution in [0.2, 0.25) is 0 Å². The molecule has 0 atom stereocenters. The van der Waals surface area contributed by atoms with E-state index in [1.54, 1.807) is 7.05 Å². The molecule has 0 saturated carbocycles. The fourth-order valence-corrected chi connectivity index (χ4v) is 2.47. The second-order valence-electron chi connectivity index (χ2n) is 5.65. The molecule has 0 amide bonds. The van der Waals surface area contributed by atoms with E-state index in [1.165, 1.54) is 12.1 Å². The van der Waals surface area contributed by atoms with E-state index in [-0.39, 0.29) is 5.82 Å². The van der Waals surface area contributed by atoms with Crippen LogP contribution in [-0.4, -0.2) is 44.1 Å². The van der Waals surface area contributed by atoms with Gasteiger partial charge in [0.2, 0.25) is 0 Å². The van der Waals surface area contributed by atoms with Crippen LogP contribution in [0.4, 0.5) is 4.39 Å². The van der Waals surface area contributed by atoms with E-state index in [0.29, 0.717) is 6.04 Å². The number of hydrogen-bond acceptors (Lipinski definition) is 2. The first-order chi connectivity index (χ1) is 10.7. The Balaban J connectivity index is 1.66. The Labute approximate surface area is 132 Å². The second kappa shape index (κ2) is 8.54. The van der Waals surface area contributed by atoms with Gasteiger partial charge in [-0.05, 0) is 37.6 Å². The summed E-state index contributed by atoms with van der Waals surface area (Å²) in [7, 11) is 3.85. The van der Waals surface area contributed by atoms with E-state index < -0.39 is 0 Å². The number of aliphatic imine (C=N–C) groups is 1. The monoisotopic (exact) mass is 304 g/mol. The first-order valence-corrected chi connectivity index (χ1v) is 7.72. The van der Waals surface area contributed by atoms with Gasteiger partial charge in [-0.25, -0.2) is 4.39 Å². The molecule has 0 radical (unpaired) electrons. The number of halogens is 1. The number of nitrogens with zero attached hydrogens (tertiary/aromatic N) is 2. The summed E-state index contributed by atoms with van der Waals surface area (Å²) >= 11 is 0. The van der Waals surface area contributed by atoms with Crippen molar-refractivity contribution in [3.05, 3.63) is 47.8 Å². The second-order valence-corrected chi connectivity index (χ2v) is 5.65. The van der Waals surface area contributed by atoms with Crippen LogP contribution in [0.15, 0.2) is 41.4 Å². The lowest BCUT2D eigenvalue weighted by atomic mass is 10.2. The van der Waals surface area contributed by atoms with Crippen molar-refractivity contribution in [2.45, 2.75) is 25.4 Å². The highest BCUT2D eigenvalue weighted by Gasteiger charge is 2.11. The largest absolute Gasteiger partial charge is 0.355 e. The highest BCUT2D eigenvalue weighted by molar-refractivity contribution is 5.80. The maximum atomic E-state index is 12.9. The predicted molar refractivity (Wildman–Crippen MR) is 89.4 cm³/mol. The molecule has 22 heavy (non-hydrogen) atoms. The Morgan fingerprint density at radius 3 is 2.59 bits per heavy atom. The zero-order valence-corrected chi connectivity index (χ0v) is 13.3. The number of rotatable bonds is 6. The fourth-order valence-electron chi connectivity index (χ4n) is 2.47. The summed E-state index contributed by atoms with van der Waals surface area (Å²) in [6, 6.07) is 7.12. The van der Waals surface area contributed by atoms with Crippen molar-refractivity contribution >= 4 is 5.96 Å². The van der Waals surface area contributed by atoms with Crippen LogP contribution in [0.25, 0.3) is 0 Å². The highest BCUT2D eigenvalue weighted by Crippen LogP contribution is 2.08. The normalized spacial score (nSPS) is 15.5. The topological polar surface area (TPSA) is 39.7 Å². The van der Waals surface area contributed by atoms with Crippen LogP contribution >= 0.6 is 0 Å². The third-order valence-electron chi connectivity index (χ3n) is 3.72. The first-order valence-electron chi connectivity index (χ1n) is 7.72. The number of hydrogen-bond donors (Lipinski definition) is 2. The van der Waals surface area contributed by atoms with Crippen molar-refractivity contribution in [3.8, 4) is 0 Å². The van der Waals surface area contributed by atoms with Crippen molar-refractivity contribution in [1.29, 1.82) is 0 Å². The van der Waals surface area contributed by atoms with Gasteiger partial charge in [0.25, 0.3) is 0 Å². The number of guanidine groups is 1. The van der Waals surface area contributed by atoms with Gasteiger partial charge in [-0.1, -0.05) is 24.3 Å². The molecule has 4 nitrogen and oxygen atoms in total. The van der Waals surface area contributed by atoms with E-state index in [9.17, 15) is 4.39 Å². The molecule has 2 N–H and O–H groups in total. The molecule has 0 saturated heterocycles. The van der Waals surface area contributed by atoms with Crippen molar-refractivity contribution in [2.24, 2.45) is 4.99 Å². The molecule has 0 fully saturated rings. The predicted octanol–water partition coefficient (Wildman–Crippen LogP) is 2.14. The minimum Gasteiger partial charge on any atom is -0.355 e. The lowest BCUT2D eigenvalue weighted by Crippen LogP contribution is -2.44. The van der Waals surface area contributed by atoms with Crippen molar-refractivity contribution < 1.29 is 4.39 Å². The lowest BCUT2D eigenvalue weighted by molar-refractivity contribution is 0.331. The summed E-state index contributed by atoms with van der Waals surface area (Å²) in [6.45, 7) is 2.51. The quantitative estimate of drug-likeness (QED) is 0.480. The number of nitrogens with one attached hydrogen (secondary N) is 2. The lowest BCUT2D eigenvalue weighted by Gasteiger charge is -2.20. The summed E-state index contributed by atoms with van der Waals surface area (Å²) in [4.78, 5) is 6.45. The number of benzene rings is 1. The SMILES string of the molecule is CN=C(NCCN(C)Cc1ccc(F)cc1)NC1CC=CC1. The zero-order chi connectivity index (χ0) is 15.8. The first kappa shape index (κ1) is 16.5. The van der Waals surface area contributed by atoms with Gasteiger partial charge in [0.1, 0.15) is 5.82 Å². The van der Waals surface area contributed by atoms with E-state index >= 15 is 0 Å². The van der Waals surface area contributed by atoms with Crippen molar-refractivity contribution in [3.63, 3.8) is 0 Å². The Morgan fingerprint density at radius 1 is 1.27 bits per heavy atom. The van der Waals surface area contributed by atoms with Crippen molar-refractivity contribution in [1.82, 2.24) is 15.5 Å². The highest BCUT2D eigenvalue weighted by atomic mass is 19.1. The molecule has 120 valence electrons. The van der Waals surface area contributed by atoms with E-state index in [4.69, 9.17) is 0 Å². The molecule has 0 spiro atoms. The van der Waals surface area contributed by atoms with E-state index in [1.807, 2.05) is 12.1 Å². The van der Waals surface area contributed by atoms with Gasteiger partial charge in [-0.2, -0.15) is 0 Å². The summed E-state index contributed by atoms with van der Waals surface area (Å²) < 4.78 is 12.9. The maximum absolute atomic E-state index is 12.9. The summed E-state index contributed by atoms with van der Waals surface area (Å²) in [5.74, 6) is 0.660. The average Bonchev–Trinajstić information content (AvgIpc) is 3.01. The van der Waals surface area contributed by atoms with Gasteiger partial charge in [0.15, 0.2) is 5.96 Å². The van der Waals surface area contributed by atoms with E-state index in [0.717, 1.165) is 44.0 Å². The molecular weight excluding hydrogens is 279 g/mol. The van der Waals surface area contributed by atoms with Crippen LogP contribution in [-0.2, 0) is 6.54 Å². The van der Waals surface area contributed by atoms with Gasteiger partial charge in [0.05, 0.1) is 0 Å². The van der Waals surface area contributed by atoms with Gasteiger partial charge in [-0.3, -0.25) is 4.99 Å². The molecule has 2 rings (SSSR count).